The Balaban J connectivity index is 2.23. The van der Waals surface area contributed by atoms with Gasteiger partial charge in [0.05, 0.1) is 17.0 Å². The molecule has 116 valence electrons. The van der Waals surface area contributed by atoms with Gasteiger partial charge in [-0.1, -0.05) is 39.3 Å². The van der Waals surface area contributed by atoms with E-state index < -0.39 is 0 Å². The summed E-state index contributed by atoms with van der Waals surface area (Å²) in [6.07, 6.45) is 1.39. The number of carbonyl (C=O) groups is 1. The van der Waals surface area contributed by atoms with Gasteiger partial charge in [0.15, 0.2) is 16.8 Å². The first-order chi connectivity index (χ1) is 10.3. The molecule has 2 heterocycles. The van der Waals surface area contributed by atoms with Crippen LogP contribution >= 0.6 is 11.6 Å². The minimum atomic E-state index is -0.203. The Kier molecular flexibility index (Phi) is 3.56. The SMILES string of the molecule is CC1CC(=O)c2c(C(C)(C)C)nn(-c3ccc(Cl)nn3)c2C1. The number of halogens is 1. The van der Waals surface area contributed by atoms with Gasteiger partial charge in [-0.3, -0.25) is 4.79 Å². The molecule has 2 aromatic heterocycles. The smallest absolute Gasteiger partial charge is 0.176 e. The third-order valence-corrected chi connectivity index (χ3v) is 4.08. The van der Waals surface area contributed by atoms with E-state index in [4.69, 9.17) is 16.7 Å². The number of hydrogen-bond donors (Lipinski definition) is 0. The molecule has 0 aromatic carbocycles. The molecule has 1 unspecified atom stereocenters. The first-order valence-electron chi connectivity index (χ1n) is 7.42. The van der Waals surface area contributed by atoms with E-state index in [-0.39, 0.29) is 11.2 Å². The van der Waals surface area contributed by atoms with E-state index >= 15 is 0 Å². The average molecular weight is 319 g/mol. The van der Waals surface area contributed by atoms with E-state index in [9.17, 15) is 4.79 Å². The maximum Gasteiger partial charge on any atom is 0.176 e. The maximum absolute atomic E-state index is 12.6. The highest BCUT2D eigenvalue weighted by atomic mass is 35.5. The zero-order valence-electron chi connectivity index (χ0n) is 13.2. The van der Waals surface area contributed by atoms with Crippen LogP contribution in [0, 0.1) is 5.92 Å². The Morgan fingerprint density at radius 3 is 2.55 bits per heavy atom. The molecule has 0 bridgehead atoms. The molecule has 5 nitrogen and oxygen atoms in total. The lowest BCUT2D eigenvalue weighted by Crippen LogP contribution is -2.22. The molecule has 2 aromatic rings. The number of Topliss-reactive ketones (excluding diaryl/α,β-unsaturated/α-hetero) is 1. The van der Waals surface area contributed by atoms with Crippen molar-refractivity contribution in [1.29, 1.82) is 0 Å². The predicted octanol–water partition coefficient (Wildman–Crippen LogP) is 3.38. The molecular formula is C16H19ClN4O. The number of nitrogens with zero attached hydrogens (tertiary/aromatic N) is 4. The lowest BCUT2D eigenvalue weighted by atomic mass is 9.81. The molecule has 0 saturated carbocycles. The van der Waals surface area contributed by atoms with Crippen molar-refractivity contribution in [3.05, 3.63) is 34.2 Å². The monoisotopic (exact) mass is 318 g/mol. The van der Waals surface area contributed by atoms with Crippen LogP contribution < -0.4 is 0 Å². The molecule has 6 heteroatoms. The Morgan fingerprint density at radius 2 is 1.95 bits per heavy atom. The second-order valence-corrected chi connectivity index (χ2v) is 7.37. The highest BCUT2D eigenvalue weighted by molar-refractivity contribution is 6.29. The van der Waals surface area contributed by atoms with Gasteiger partial charge in [-0.2, -0.15) is 5.10 Å². The quantitative estimate of drug-likeness (QED) is 0.808. The summed E-state index contributed by atoms with van der Waals surface area (Å²) in [5.74, 6) is 1.08. The Hall–Kier alpha value is -1.75. The zero-order valence-corrected chi connectivity index (χ0v) is 14.0. The molecule has 1 atom stereocenters. The summed E-state index contributed by atoms with van der Waals surface area (Å²) in [6, 6.07) is 3.46. The van der Waals surface area contributed by atoms with E-state index in [2.05, 4.69) is 37.9 Å². The van der Waals surface area contributed by atoms with Crippen molar-refractivity contribution in [3.63, 3.8) is 0 Å². The van der Waals surface area contributed by atoms with E-state index in [1.807, 2.05) is 0 Å². The Bertz CT molecular complexity index is 728. The highest BCUT2D eigenvalue weighted by Gasteiger charge is 2.35. The summed E-state index contributed by atoms with van der Waals surface area (Å²) >= 11 is 5.81. The molecule has 0 radical (unpaired) electrons. The fraction of sp³-hybridized carbons (Fsp3) is 0.500. The van der Waals surface area contributed by atoms with E-state index in [0.29, 0.717) is 23.3 Å². The van der Waals surface area contributed by atoms with Crippen molar-refractivity contribution in [2.24, 2.45) is 5.92 Å². The zero-order chi connectivity index (χ0) is 16.1. The molecule has 0 aliphatic heterocycles. The van der Waals surface area contributed by atoms with Gasteiger partial charge in [-0.25, -0.2) is 4.68 Å². The number of fused-ring (bicyclic) bond motifs is 1. The lowest BCUT2D eigenvalue weighted by Gasteiger charge is -2.21. The van der Waals surface area contributed by atoms with Crippen LogP contribution in [-0.4, -0.2) is 25.8 Å². The van der Waals surface area contributed by atoms with Crippen molar-refractivity contribution in [2.75, 3.05) is 0 Å². The number of ketones is 1. The fourth-order valence-corrected chi connectivity index (χ4v) is 2.99. The molecule has 0 N–H and O–H groups in total. The second kappa shape index (κ2) is 5.16. The van der Waals surface area contributed by atoms with Gasteiger partial charge in [0.1, 0.15) is 0 Å². The molecule has 0 amide bonds. The van der Waals surface area contributed by atoms with Crippen LogP contribution in [0.25, 0.3) is 5.82 Å². The van der Waals surface area contributed by atoms with Crippen LogP contribution in [0.4, 0.5) is 0 Å². The largest absolute Gasteiger partial charge is 0.294 e. The van der Waals surface area contributed by atoms with Gasteiger partial charge >= 0.3 is 0 Å². The highest BCUT2D eigenvalue weighted by Crippen LogP contribution is 2.34. The van der Waals surface area contributed by atoms with Gasteiger partial charge in [0, 0.05) is 11.8 Å². The van der Waals surface area contributed by atoms with Crippen LogP contribution in [-0.2, 0) is 11.8 Å². The van der Waals surface area contributed by atoms with Crippen LogP contribution in [0.3, 0.4) is 0 Å². The minimum absolute atomic E-state index is 0.173. The van der Waals surface area contributed by atoms with Crippen LogP contribution in [0.1, 0.15) is 55.9 Å². The van der Waals surface area contributed by atoms with E-state index in [1.54, 1.807) is 16.8 Å². The van der Waals surface area contributed by atoms with Gasteiger partial charge in [-0.05, 0) is 24.5 Å². The summed E-state index contributed by atoms with van der Waals surface area (Å²) in [4.78, 5) is 12.6. The summed E-state index contributed by atoms with van der Waals surface area (Å²) < 4.78 is 1.76. The van der Waals surface area contributed by atoms with Crippen LogP contribution in [0.5, 0.6) is 0 Å². The van der Waals surface area contributed by atoms with Gasteiger partial charge in [0.2, 0.25) is 0 Å². The standard InChI is InChI=1S/C16H19ClN4O/c1-9-7-10-14(11(22)8-9)15(16(2,3)4)20-21(10)13-6-5-12(17)18-19-13/h5-6,9H,7-8H2,1-4H3. The molecule has 0 saturated heterocycles. The summed E-state index contributed by atoms with van der Waals surface area (Å²) in [5.41, 5.74) is 2.33. The third kappa shape index (κ3) is 2.54. The second-order valence-electron chi connectivity index (χ2n) is 6.98. The van der Waals surface area contributed by atoms with Crippen molar-refractivity contribution in [3.8, 4) is 5.82 Å². The molecule has 0 fully saturated rings. The topological polar surface area (TPSA) is 60.7 Å². The van der Waals surface area contributed by atoms with Crippen molar-refractivity contribution >= 4 is 17.4 Å². The van der Waals surface area contributed by atoms with Gasteiger partial charge < -0.3 is 0 Å². The normalized spacial score (nSPS) is 18.4. The molecule has 1 aliphatic carbocycles. The summed E-state index contributed by atoms with van der Waals surface area (Å²) in [7, 11) is 0. The minimum Gasteiger partial charge on any atom is -0.294 e. The molecule has 3 rings (SSSR count). The van der Waals surface area contributed by atoms with Crippen LogP contribution in [0.2, 0.25) is 5.15 Å². The van der Waals surface area contributed by atoms with Crippen molar-refractivity contribution < 1.29 is 4.79 Å². The van der Waals surface area contributed by atoms with Gasteiger partial charge in [-0.15, -0.1) is 10.2 Å². The maximum atomic E-state index is 12.6. The van der Waals surface area contributed by atoms with Crippen molar-refractivity contribution in [1.82, 2.24) is 20.0 Å². The predicted molar refractivity (Wildman–Crippen MR) is 84.7 cm³/mol. The number of aromatic nitrogens is 4. The van der Waals surface area contributed by atoms with E-state index in [0.717, 1.165) is 23.4 Å². The summed E-state index contributed by atoms with van der Waals surface area (Å²) in [5, 5.41) is 13.0. The van der Waals surface area contributed by atoms with Crippen molar-refractivity contribution in [2.45, 2.75) is 46.0 Å². The molecular weight excluding hydrogens is 300 g/mol. The molecule has 1 aliphatic rings. The van der Waals surface area contributed by atoms with Gasteiger partial charge in [0.25, 0.3) is 0 Å². The number of carbonyl (C=O) groups excluding carboxylic acids is 1. The molecule has 22 heavy (non-hydrogen) atoms. The summed E-state index contributed by atoms with van der Waals surface area (Å²) in [6.45, 7) is 8.29. The number of rotatable bonds is 1. The third-order valence-electron chi connectivity index (χ3n) is 3.88. The lowest BCUT2D eigenvalue weighted by molar-refractivity contribution is 0.0950. The van der Waals surface area contributed by atoms with Crippen LogP contribution in [0.15, 0.2) is 12.1 Å². The molecule has 0 spiro atoms. The number of hydrogen-bond acceptors (Lipinski definition) is 4. The Labute approximate surface area is 134 Å². The first kappa shape index (κ1) is 15.2. The Morgan fingerprint density at radius 1 is 1.23 bits per heavy atom. The van der Waals surface area contributed by atoms with E-state index in [1.165, 1.54) is 0 Å². The fourth-order valence-electron chi connectivity index (χ4n) is 2.89. The average Bonchev–Trinajstić information content (AvgIpc) is 2.79. The first-order valence-corrected chi connectivity index (χ1v) is 7.80.